The molecule has 1 heterocycles. The zero-order valence-electron chi connectivity index (χ0n) is 16.6. The summed E-state index contributed by atoms with van der Waals surface area (Å²) in [5.41, 5.74) is 1.13. The van der Waals surface area contributed by atoms with Crippen LogP contribution in [0, 0.1) is 24.2 Å². The van der Waals surface area contributed by atoms with E-state index in [0.717, 1.165) is 29.5 Å². The Labute approximate surface area is 166 Å². The van der Waals surface area contributed by atoms with Gasteiger partial charge in [0.05, 0.1) is 6.61 Å². The Morgan fingerprint density at radius 2 is 2.12 bits per heavy atom. The molecular weight excluding hydrogens is 394 g/mol. The number of hydrogen-bond acceptors (Lipinski definition) is 2. The van der Waals surface area contributed by atoms with E-state index in [9.17, 15) is 9.90 Å². The number of piperidine rings is 1. The maximum atomic E-state index is 11.6. The third-order valence-corrected chi connectivity index (χ3v) is 6.25. The molecule has 3 atom stereocenters. The van der Waals surface area contributed by atoms with Crippen molar-refractivity contribution >= 4 is 22.0 Å². The Kier molecular flexibility index (Phi) is 7.00. The van der Waals surface area contributed by atoms with Gasteiger partial charge in [-0.15, -0.1) is 0 Å². The number of aryl methyl sites for hydroxylation is 1. The summed E-state index contributed by atoms with van der Waals surface area (Å²) in [6.45, 7) is 12.0. The van der Waals surface area contributed by atoms with E-state index in [1.165, 1.54) is 5.56 Å². The van der Waals surface area contributed by atoms with E-state index in [1.807, 2.05) is 12.1 Å². The number of hydrogen-bond donors (Lipinski definition) is 1. The summed E-state index contributed by atoms with van der Waals surface area (Å²) < 4.78 is 7.07. The van der Waals surface area contributed by atoms with E-state index in [1.54, 1.807) is 4.90 Å². The van der Waals surface area contributed by atoms with E-state index in [2.05, 4.69) is 56.6 Å². The molecule has 0 spiro atoms. The minimum atomic E-state index is -0.787. The molecule has 0 aromatic heterocycles. The number of benzene rings is 1. The van der Waals surface area contributed by atoms with Crippen molar-refractivity contribution in [3.8, 4) is 5.75 Å². The number of nitrogens with zero attached hydrogens (tertiary/aromatic N) is 1. The topological polar surface area (TPSA) is 49.8 Å². The SMILES string of the molecule is Cc1cc(OCC(C)CC2CCN(C(=O)O)[C@H](C(C)(C)C)C2)ccc1Br. The highest BCUT2D eigenvalue weighted by molar-refractivity contribution is 9.10. The first-order valence-corrected chi connectivity index (χ1v) is 10.3. The lowest BCUT2D eigenvalue weighted by molar-refractivity contribution is 0.0346. The molecule has 5 heteroatoms. The van der Waals surface area contributed by atoms with Crippen LogP contribution in [0.25, 0.3) is 0 Å². The van der Waals surface area contributed by atoms with Crippen LogP contribution in [0.3, 0.4) is 0 Å². The number of likely N-dealkylation sites (tertiary alicyclic amines) is 1. The normalized spacial score (nSPS) is 22.2. The third kappa shape index (κ3) is 5.63. The van der Waals surface area contributed by atoms with Gasteiger partial charge < -0.3 is 14.7 Å². The van der Waals surface area contributed by atoms with Gasteiger partial charge in [-0.2, -0.15) is 0 Å². The lowest BCUT2D eigenvalue weighted by Crippen LogP contribution is -2.51. The van der Waals surface area contributed by atoms with Gasteiger partial charge in [0.25, 0.3) is 0 Å². The molecule has 0 radical (unpaired) electrons. The van der Waals surface area contributed by atoms with E-state index in [4.69, 9.17) is 4.74 Å². The molecular formula is C21H32BrNO3. The van der Waals surface area contributed by atoms with Crippen LogP contribution in [-0.2, 0) is 0 Å². The predicted molar refractivity (Wildman–Crippen MR) is 109 cm³/mol. The second-order valence-electron chi connectivity index (χ2n) is 8.81. The van der Waals surface area contributed by atoms with Crippen LogP contribution in [0.4, 0.5) is 4.79 Å². The second-order valence-corrected chi connectivity index (χ2v) is 9.67. The number of carbonyl (C=O) groups is 1. The van der Waals surface area contributed by atoms with Crippen LogP contribution >= 0.6 is 15.9 Å². The van der Waals surface area contributed by atoms with Crippen LogP contribution < -0.4 is 4.74 Å². The molecule has 0 bridgehead atoms. The Morgan fingerprint density at radius 3 is 2.69 bits per heavy atom. The van der Waals surface area contributed by atoms with Gasteiger partial charge in [-0.25, -0.2) is 4.79 Å². The highest BCUT2D eigenvalue weighted by Gasteiger charge is 2.38. The molecule has 2 rings (SSSR count). The highest BCUT2D eigenvalue weighted by atomic mass is 79.9. The summed E-state index contributed by atoms with van der Waals surface area (Å²) in [6.07, 6.45) is 2.18. The van der Waals surface area contributed by atoms with Crippen molar-refractivity contribution in [2.24, 2.45) is 17.3 Å². The predicted octanol–water partition coefficient (Wildman–Crippen LogP) is 5.97. The zero-order chi connectivity index (χ0) is 19.5. The molecule has 1 aromatic rings. The molecule has 0 aliphatic carbocycles. The molecule has 1 aliphatic heterocycles. The Bertz CT molecular complexity index is 626. The average molecular weight is 426 g/mol. The van der Waals surface area contributed by atoms with Gasteiger partial charge in [-0.05, 0) is 67.2 Å². The number of halogens is 1. The Balaban J connectivity index is 1.89. The van der Waals surface area contributed by atoms with Crippen molar-refractivity contribution < 1.29 is 14.6 Å². The van der Waals surface area contributed by atoms with Crippen molar-refractivity contribution in [3.05, 3.63) is 28.2 Å². The molecule has 1 fully saturated rings. The molecule has 0 saturated carbocycles. The number of ether oxygens (including phenoxy) is 1. The molecule has 146 valence electrons. The molecule has 1 saturated heterocycles. The van der Waals surface area contributed by atoms with Crippen LogP contribution in [-0.4, -0.2) is 35.3 Å². The molecule has 1 amide bonds. The quantitative estimate of drug-likeness (QED) is 0.631. The van der Waals surface area contributed by atoms with E-state index in [-0.39, 0.29) is 11.5 Å². The second kappa shape index (κ2) is 8.64. The standard InChI is InChI=1S/C21H32BrNO3/c1-14(13-26-17-6-7-18(22)15(2)11-17)10-16-8-9-23(20(24)25)19(12-16)21(3,4)5/h6-7,11,14,16,19H,8-10,12-13H2,1-5H3,(H,24,25)/t14?,16?,19-/m0/s1. The minimum Gasteiger partial charge on any atom is -0.493 e. The molecule has 4 nitrogen and oxygen atoms in total. The molecule has 1 aliphatic rings. The summed E-state index contributed by atoms with van der Waals surface area (Å²) in [6, 6.07) is 6.15. The van der Waals surface area contributed by atoms with E-state index < -0.39 is 6.09 Å². The van der Waals surface area contributed by atoms with Gasteiger partial charge in [-0.3, -0.25) is 0 Å². The fraction of sp³-hybridized carbons (Fsp3) is 0.667. The van der Waals surface area contributed by atoms with E-state index in [0.29, 0.717) is 25.0 Å². The third-order valence-electron chi connectivity index (χ3n) is 5.36. The Hall–Kier alpha value is -1.23. The Morgan fingerprint density at radius 1 is 1.42 bits per heavy atom. The lowest BCUT2D eigenvalue weighted by atomic mass is 9.75. The first kappa shape index (κ1) is 21.1. The summed E-state index contributed by atoms with van der Waals surface area (Å²) in [7, 11) is 0. The van der Waals surface area contributed by atoms with E-state index >= 15 is 0 Å². The number of rotatable bonds is 5. The summed E-state index contributed by atoms with van der Waals surface area (Å²) in [5, 5.41) is 9.49. The fourth-order valence-corrected chi connectivity index (χ4v) is 4.13. The van der Waals surface area contributed by atoms with Crippen molar-refractivity contribution in [3.63, 3.8) is 0 Å². The van der Waals surface area contributed by atoms with Gasteiger partial charge in [0.1, 0.15) is 5.75 Å². The van der Waals surface area contributed by atoms with Gasteiger partial charge in [0.15, 0.2) is 0 Å². The summed E-state index contributed by atoms with van der Waals surface area (Å²) in [4.78, 5) is 13.2. The zero-order valence-corrected chi connectivity index (χ0v) is 18.2. The first-order chi connectivity index (χ1) is 12.1. The van der Waals surface area contributed by atoms with Crippen LogP contribution in [0.1, 0.15) is 52.5 Å². The van der Waals surface area contributed by atoms with Gasteiger partial charge in [0.2, 0.25) is 0 Å². The smallest absolute Gasteiger partial charge is 0.407 e. The maximum absolute atomic E-state index is 11.6. The molecule has 1 aromatic carbocycles. The monoisotopic (exact) mass is 425 g/mol. The van der Waals surface area contributed by atoms with Crippen molar-refractivity contribution in [2.75, 3.05) is 13.2 Å². The van der Waals surface area contributed by atoms with Crippen LogP contribution in [0.5, 0.6) is 5.75 Å². The van der Waals surface area contributed by atoms with Crippen molar-refractivity contribution in [1.82, 2.24) is 4.90 Å². The van der Waals surface area contributed by atoms with Crippen molar-refractivity contribution in [1.29, 1.82) is 0 Å². The first-order valence-electron chi connectivity index (χ1n) is 9.46. The number of carboxylic acid groups (broad SMARTS) is 1. The lowest BCUT2D eigenvalue weighted by Gasteiger charge is -2.45. The summed E-state index contributed by atoms with van der Waals surface area (Å²) in [5.74, 6) is 1.91. The summed E-state index contributed by atoms with van der Waals surface area (Å²) >= 11 is 3.51. The largest absolute Gasteiger partial charge is 0.493 e. The van der Waals surface area contributed by atoms with Crippen LogP contribution in [0.2, 0.25) is 0 Å². The molecule has 2 unspecified atom stereocenters. The van der Waals surface area contributed by atoms with Crippen LogP contribution in [0.15, 0.2) is 22.7 Å². The maximum Gasteiger partial charge on any atom is 0.407 e. The number of amides is 1. The fourth-order valence-electron chi connectivity index (χ4n) is 3.88. The van der Waals surface area contributed by atoms with Crippen molar-refractivity contribution in [2.45, 2.75) is 59.9 Å². The minimum absolute atomic E-state index is 0.0360. The van der Waals surface area contributed by atoms with Gasteiger partial charge in [0, 0.05) is 17.1 Å². The molecule has 1 N–H and O–H groups in total. The highest BCUT2D eigenvalue weighted by Crippen LogP contribution is 2.37. The molecule has 26 heavy (non-hydrogen) atoms. The van der Waals surface area contributed by atoms with Gasteiger partial charge >= 0.3 is 6.09 Å². The average Bonchev–Trinajstić information content (AvgIpc) is 2.55. The van der Waals surface area contributed by atoms with Gasteiger partial charge in [-0.1, -0.05) is 43.6 Å².